The molecule has 0 bridgehead atoms. The molecule has 2 aromatic carbocycles. The van der Waals surface area contributed by atoms with Crippen LogP contribution in [0.2, 0.25) is 0 Å². The van der Waals surface area contributed by atoms with Gasteiger partial charge in [0.15, 0.2) is 0 Å². The molecular formula is C20H18FNO4. The largest absolute Gasteiger partial charge is 0.425 e. The van der Waals surface area contributed by atoms with Crippen molar-refractivity contribution < 1.29 is 23.5 Å². The zero-order chi connectivity index (χ0) is 18.8. The van der Waals surface area contributed by atoms with E-state index >= 15 is 0 Å². The first kappa shape index (κ1) is 17.8. The maximum Gasteiger partial charge on any atom is 0.334 e. The molecule has 0 spiro atoms. The van der Waals surface area contributed by atoms with Gasteiger partial charge in [0.05, 0.1) is 11.1 Å². The minimum Gasteiger partial charge on any atom is -0.425 e. The summed E-state index contributed by atoms with van der Waals surface area (Å²) in [5.74, 6) is -1.99. The molecule has 6 heteroatoms. The molecule has 0 aliphatic carbocycles. The fourth-order valence-electron chi connectivity index (χ4n) is 2.93. The Morgan fingerprint density at radius 2 is 1.54 bits per heavy atom. The second-order valence-electron chi connectivity index (χ2n) is 6.55. The Morgan fingerprint density at radius 3 is 2.04 bits per heavy atom. The van der Waals surface area contributed by atoms with E-state index in [1.165, 1.54) is 24.3 Å². The molecule has 0 radical (unpaired) electrons. The number of hydrogen-bond acceptors (Lipinski definition) is 4. The minimum absolute atomic E-state index is 0.0464. The monoisotopic (exact) mass is 355 g/mol. The molecule has 1 atom stereocenters. The number of halogens is 1. The average molecular weight is 355 g/mol. The summed E-state index contributed by atoms with van der Waals surface area (Å²) in [4.78, 5) is 39.0. The number of benzene rings is 2. The number of amides is 2. The molecule has 1 heterocycles. The number of esters is 1. The van der Waals surface area contributed by atoms with E-state index in [4.69, 9.17) is 4.74 Å². The van der Waals surface area contributed by atoms with Crippen molar-refractivity contribution >= 4 is 17.8 Å². The Labute approximate surface area is 150 Å². The maximum atomic E-state index is 13.0. The minimum atomic E-state index is -1.05. The number of hydrogen-bond donors (Lipinski definition) is 0. The van der Waals surface area contributed by atoms with Crippen LogP contribution in [0.25, 0.3) is 0 Å². The highest BCUT2D eigenvalue weighted by Crippen LogP contribution is 2.28. The van der Waals surface area contributed by atoms with Crippen LogP contribution in [0, 0.1) is 11.7 Å². The summed E-state index contributed by atoms with van der Waals surface area (Å²) in [6.07, 6.45) is 0.269. The lowest BCUT2D eigenvalue weighted by atomic mass is 10.0. The molecule has 2 aromatic rings. The molecule has 5 nitrogen and oxygen atoms in total. The van der Waals surface area contributed by atoms with E-state index in [2.05, 4.69) is 0 Å². The second kappa shape index (κ2) is 7.07. The summed E-state index contributed by atoms with van der Waals surface area (Å²) in [7, 11) is 0. The molecule has 134 valence electrons. The third kappa shape index (κ3) is 3.35. The quantitative estimate of drug-likeness (QED) is 0.468. The summed E-state index contributed by atoms with van der Waals surface area (Å²) in [5, 5.41) is 0. The third-order valence-electron chi connectivity index (χ3n) is 4.14. The molecule has 0 fully saturated rings. The van der Waals surface area contributed by atoms with Crippen LogP contribution in [0.1, 0.15) is 41.0 Å². The number of nitrogens with zero attached hydrogens (tertiary/aromatic N) is 1. The van der Waals surface area contributed by atoms with Crippen molar-refractivity contribution in [3.8, 4) is 5.75 Å². The van der Waals surface area contributed by atoms with Crippen LogP contribution >= 0.6 is 0 Å². The van der Waals surface area contributed by atoms with Crippen molar-refractivity contribution in [3.05, 3.63) is 65.5 Å². The van der Waals surface area contributed by atoms with Crippen molar-refractivity contribution in [2.24, 2.45) is 5.92 Å². The summed E-state index contributed by atoms with van der Waals surface area (Å²) < 4.78 is 18.3. The molecule has 26 heavy (non-hydrogen) atoms. The van der Waals surface area contributed by atoms with Crippen molar-refractivity contribution in [1.82, 2.24) is 4.90 Å². The summed E-state index contributed by atoms with van der Waals surface area (Å²) in [6.45, 7) is 3.77. The lowest BCUT2D eigenvalue weighted by molar-refractivity contribution is -0.139. The Hall–Kier alpha value is -3.02. The van der Waals surface area contributed by atoms with Gasteiger partial charge in [0.25, 0.3) is 11.8 Å². The van der Waals surface area contributed by atoms with Crippen LogP contribution < -0.4 is 4.74 Å². The van der Waals surface area contributed by atoms with E-state index in [1.54, 1.807) is 24.3 Å². The zero-order valence-corrected chi connectivity index (χ0v) is 14.4. The van der Waals surface area contributed by atoms with E-state index in [0.717, 1.165) is 4.90 Å². The van der Waals surface area contributed by atoms with Crippen molar-refractivity contribution in [1.29, 1.82) is 0 Å². The first-order valence-corrected chi connectivity index (χ1v) is 8.32. The van der Waals surface area contributed by atoms with E-state index < -0.39 is 29.6 Å². The SMILES string of the molecule is CC(C)C[C@H](C(=O)Oc1ccc(F)cc1)N1C(=O)c2ccccc2C1=O. The number of carbonyl (C=O) groups is 3. The predicted molar refractivity (Wildman–Crippen MR) is 92.2 cm³/mol. The second-order valence-corrected chi connectivity index (χ2v) is 6.55. The van der Waals surface area contributed by atoms with Crippen molar-refractivity contribution in [2.75, 3.05) is 0 Å². The van der Waals surface area contributed by atoms with Gasteiger partial charge in [-0.05, 0) is 48.7 Å². The first-order valence-electron chi connectivity index (χ1n) is 8.32. The molecule has 0 N–H and O–H groups in total. The van der Waals surface area contributed by atoms with Crippen LogP contribution in [0.3, 0.4) is 0 Å². The number of imide groups is 1. The van der Waals surface area contributed by atoms with Crippen LogP contribution in [-0.4, -0.2) is 28.7 Å². The van der Waals surface area contributed by atoms with Crippen LogP contribution in [0.4, 0.5) is 4.39 Å². The van der Waals surface area contributed by atoms with Gasteiger partial charge in [0.1, 0.15) is 17.6 Å². The van der Waals surface area contributed by atoms with Gasteiger partial charge in [0.2, 0.25) is 0 Å². The van der Waals surface area contributed by atoms with Gasteiger partial charge < -0.3 is 4.74 Å². The van der Waals surface area contributed by atoms with Crippen LogP contribution in [0.15, 0.2) is 48.5 Å². The van der Waals surface area contributed by atoms with Crippen molar-refractivity contribution in [3.63, 3.8) is 0 Å². The predicted octanol–water partition coefficient (Wildman–Crippen LogP) is 3.44. The van der Waals surface area contributed by atoms with Gasteiger partial charge in [0, 0.05) is 0 Å². The Balaban J connectivity index is 1.89. The van der Waals surface area contributed by atoms with Crippen LogP contribution in [0.5, 0.6) is 5.75 Å². The Morgan fingerprint density at radius 1 is 1.00 bits per heavy atom. The first-order chi connectivity index (χ1) is 12.4. The molecule has 0 aromatic heterocycles. The van der Waals surface area contributed by atoms with Gasteiger partial charge in [-0.1, -0.05) is 26.0 Å². The fraction of sp³-hybridized carbons (Fsp3) is 0.250. The zero-order valence-electron chi connectivity index (χ0n) is 14.4. The summed E-state index contributed by atoms with van der Waals surface area (Å²) in [5.41, 5.74) is 0.557. The fourth-order valence-corrected chi connectivity index (χ4v) is 2.93. The average Bonchev–Trinajstić information content (AvgIpc) is 2.86. The Kier molecular flexibility index (Phi) is 4.84. The normalized spacial score (nSPS) is 14.5. The topological polar surface area (TPSA) is 63.7 Å². The van der Waals surface area contributed by atoms with E-state index in [0.29, 0.717) is 0 Å². The van der Waals surface area contributed by atoms with Crippen molar-refractivity contribution in [2.45, 2.75) is 26.3 Å². The highest BCUT2D eigenvalue weighted by molar-refractivity contribution is 6.22. The summed E-state index contributed by atoms with van der Waals surface area (Å²) >= 11 is 0. The highest BCUT2D eigenvalue weighted by atomic mass is 19.1. The van der Waals surface area contributed by atoms with E-state index in [1.807, 2.05) is 13.8 Å². The third-order valence-corrected chi connectivity index (χ3v) is 4.14. The summed E-state index contributed by atoms with van der Waals surface area (Å²) in [6, 6.07) is 10.4. The molecule has 0 saturated heterocycles. The highest BCUT2D eigenvalue weighted by Gasteiger charge is 2.43. The smallest absolute Gasteiger partial charge is 0.334 e. The number of fused-ring (bicyclic) bond motifs is 1. The molecule has 0 unspecified atom stereocenters. The molecule has 1 aliphatic rings. The van der Waals surface area contributed by atoms with Gasteiger partial charge in [-0.2, -0.15) is 0 Å². The van der Waals surface area contributed by atoms with Gasteiger partial charge >= 0.3 is 5.97 Å². The van der Waals surface area contributed by atoms with E-state index in [-0.39, 0.29) is 29.2 Å². The number of rotatable bonds is 5. The standard InChI is InChI=1S/C20H18FNO4/c1-12(2)11-17(20(25)26-14-9-7-13(21)8-10-14)22-18(23)15-5-3-4-6-16(15)19(22)24/h3-10,12,17H,11H2,1-2H3/t17-/m1/s1. The van der Waals surface area contributed by atoms with E-state index in [9.17, 15) is 18.8 Å². The lowest BCUT2D eigenvalue weighted by Gasteiger charge is -2.25. The lowest BCUT2D eigenvalue weighted by Crippen LogP contribution is -2.47. The van der Waals surface area contributed by atoms with Crippen LogP contribution in [-0.2, 0) is 4.79 Å². The Bertz CT molecular complexity index is 825. The molecular weight excluding hydrogens is 337 g/mol. The molecule has 0 saturated carbocycles. The maximum absolute atomic E-state index is 13.0. The molecule has 2 amide bonds. The number of carbonyl (C=O) groups excluding carboxylic acids is 3. The molecule has 1 aliphatic heterocycles. The van der Waals surface area contributed by atoms with Gasteiger partial charge in [-0.25, -0.2) is 9.18 Å². The number of ether oxygens (including phenoxy) is 1. The van der Waals surface area contributed by atoms with Gasteiger partial charge in [-0.3, -0.25) is 14.5 Å². The molecule has 3 rings (SSSR count). The van der Waals surface area contributed by atoms with Gasteiger partial charge in [-0.15, -0.1) is 0 Å².